The number of ether oxygens (including phenoxy) is 2. The minimum absolute atomic E-state index is 0.00249. The lowest BCUT2D eigenvalue weighted by atomic mass is 10.0. The van der Waals surface area contributed by atoms with Gasteiger partial charge in [0.2, 0.25) is 0 Å². The Morgan fingerprint density at radius 2 is 1.83 bits per heavy atom. The number of hydrogen-bond donors (Lipinski definition) is 0. The molecule has 11 nitrogen and oxygen atoms in total. The first-order valence-electron chi connectivity index (χ1n) is 15.9. The van der Waals surface area contributed by atoms with Gasteiger partial charge in [0.25, 0.3) is 0 Å². The average Bonchev–Trinajstić information content (AvgIpc) is 3.56. The largest absolute Gasteiger partial charge is 0.479 e. The number of pyridine rings is 2. The van der Waals surface area contributed by atoms with Crippen LogP contribution in [0.4, 0.5) is 9.18 Å². The molecule has 1 fully saturated rings. The van der Waals surface area contributed by atoms with Crippen LogP contribution in [0.3, 0.4) is 0 Å². The van der Waals surface area contributed by atoms with Crippen LogP contribution in [0.2, 0.25) is 18.1 Å². The maximum absolute atomic E-state index is 13.9. The number of amides is 1. The molecule has 1 atom stereocenters. The summed E-state index contributed by atoms with van der Waals surface area (Å²) >= 11 is 2.25. The van der Waals surface area contributed by atoms with E-state index in [0.29, 0.717) is 30.2 Å². The summed E-state index contributed by atoms with van der Waals surface area (Å²) in [6.45, 7) is 20.0. The van der Waals surface area contributed by atoms with Crippen LogP contribution in [0.1, 0.15) is 77.9 Å². The summed E-state index contributed by atoms with van der Waals surface area (Å²) in [7, 11) is -2.14. The van der Waals surface area contributed by atoms with Gasteiger partial charge >= 0.3 is 6.09 Å². The second-order valence-corrected chi connectivity index (χ2v) is 20.6. The van der Waals surface area contributed by atoms with Crippen LogP contribution in [-0.2, 0) is 9.16 Å². The van der Waals surface area contributed by atoms with Gasteiger partial charge in [-0.2, -0.15) is 5.10 Å². The van der Waals surface area contributed by atoms with E-state index in [-0.39, 0.29) is 23.8 Å². The van der Waals surface area contributed by atoms with Crippen molar-refractivity contribution in [2.24, 2.45) is 0 Å². The van der Waals surface area contributed by atoms with Gasteiger partial charge < -0.3 is 18.8 Å². The highest BCUT2D eigenvalue weighted by atomic mass is 127. The third-order valence-electron chi connectivity index (χ3n) is 8.95. The quantitative estimate of drug-likeness (QED) is 0.132. The Hall–Kier alpha value is -3.11. The number of rotatable bonds is 8. The highest BCUT2D eigenvalue weighted by Crippen LogP contribution is 2.39. The van der Waals surface area contributed by atoms with E-state index >= 15 is 0 Å². The van der Waals surface area contributed by atoms with Crippen LogP contribution in [-0.4, -0.2) is 74.2 Å². The number of piperidine rings is 1. The van der Waals surface area contributed by atoms with Gasteiger partial charge in [-0.15, -0.1) is 5.10 Å². The first-order chi connectivity index (χ1) is 21.9. The molecule has 4 aromatic rings. The lowest BCUT2D eigenvalue weighted by Crippen LogP contribution is -2.42. The zero-order valence-electron chi connectivity index (χ0n) is 28.7. The van der Waals surface area contributed by atoms with E-state index < -0.39 is 25.8 Å². The highest BCUT2D eigenvalue weighted by Gasteiger charge is 2.38. The van der Waals surface area contributed by atoms with Gasteiger partial charge in [0.05, 0.1) is 40.0 Å². The number of fused-ring (bicyclic) bond motifs is 1. The minimum Gasteiger partial charge on any atom is -0.479 e. The van der Waals surface area contributed by atoms with Crippen LogP contribution in [0.15, 0.2) is 36.8 Å². The Morgan fingerprint density at radius 3 is 2.45 bits per heavy atom. The molecule has 4 aromatic heterocycles. The Labute approximate surface area is 290 Å². The van der Waals surface area contributed by atoms with Crippen LogP contribution in [0.5, 0.6) is 5.75 Å². The smallest absolute Gasteiger partial charge is 0.410 e. The molecule has 1 amide bonds. The minimum atomic E-state index is -2.14. The first kappa shape index (κ1) is 35.2. The van der Waals surface area contributed by atoms with Crippen molar-refractivity contribution in [1.29, 1.82) is 0 Å². The second-order valence-electron chi connectivity index (χ2n) is 14.6. The molecule has 0 saturated carbocycles. The maximum Gasteiger partial charge on any atom is 0.410 e. The van der Waals surface area contributed by atoms with Gasteiger partial charge in [-0.1, -0.05) is 26.0 Å². The van der Waals surface area contributed by atoms with Crippen molar-refractivity contribution in [2.75, 3.05) is 19.7 Å². The molecule has 0 aliphatic carbocycles. The fourth-order valence-corrected chi connectivity index (χ4v) is 6.89. The van der Waals surface area contributed by atoms with E-state index in [4.69, 9.17) is 13.9 Å². The molecule has 47 heavy (non-hydrogen) atoms. The van der Waals surface area contributed by atoms with Crippen molar-refractivity contribution < 1.29 is 23.1 Å². The predicted octanol–water partition coefficient (Wildman–Crippen LogP) is 7.75. The summed E-state index contributed by atoms with van der Waals surface area (Å²) in [4.78, 5) is 18.7. The van der Waals surface area contributed by atoms with Gasteiger partial charge in [0, 0.05) is 24.8 Å². The number of nitrogens with zero attached hydrogens (tertiary/aromatic N) is 7. The standard InChI is InChI=1S/C33H45FIN7O4Si/c1-21-29(38-39-42(21)24-12-14-40(15-13-24)31(43)46-32(2,3)4)22-16-27(30-25(35)18-37-41(30)19-22)45-28(26-11-10-23(34)17-36-26)20-44-47(8,9)33(5,6)7/h10-11,16-19,24,28H,12-15,20H2,1-9H3/t28-/m1/s1. The zero-order valence-corrected chi connectivity index (χ0v) is 31.8. The fourth-order valence-electron chi connectivity index (χ4n) is 5.25. The average molecular weight is 778 g/mol. The molecule has 1 aliphatic heterocycles. The summed E-state index contributed by atoms with van der Waals surface area (Å²) < 4.78 is 37.4. The van der Waals surface area contributed by atoms with E-state index in [9.17, 15) is 9.18 Å². The summed E-state index contributed by atoms with van der Waals surface area (Å²) in [5.74, 6) is 0.167. The van der Waals surface area contributed by atoms with Crippen molar-refractivity contribution >= 4 is 42.5 Å². The van der Waals surface area contributed by atoms with Gasteiger partial charge in [0.15, 0.2) is 14.4 Å². The summed E-state index contributed by atoms with van der Waals surface area (Å²) in [5, 5.41) is 13.7. The molecular formula is C33H45FIN7O4Si. The number of hydrogen-bond acceptors (Lipinski definition) is 8. The molecule has 0 radical (unpaired) electrons. The molecule has 0 unspecified atom stereocenters. The number of aromatic nitrogens is 6. The van der Waals surface area contributed by atoms with Gasteiger partial charge in [-0.05, 0) is 99.5 Å². The van der Waals surface area contributed by atoms with Crippen molar-refractivity contribution in [3.63, 3.8) is 0 Å². The lowest BCUT2D eigenvalue weighted by molar-refractivity contribution is 0.0183. The number of halogens is 2. The van der Waals surface area contributed by atoms with E-state index in [1.54, 1.807) is 21.7 Å². The molecule has 0 bridgehead atoms. The van der Waals surface area contributed by atoms with Crippen molar-refractivity contribution in [3.05, 3.63) is 57.6 Å². The Balaban J connectivity index is 1.43. The Kier molecular flexibility index (Phi) is 10.0. The van der Waals surface area contributed by atoms with E-state index in [2.05, 4.69) is 76.9 Å². The summed E-state index contributed by atoms with van der Waals surface area (Å²) in [6, 6.07) is 5.08. The molecule has 254 valence electrons. The Bertz CT molecular complexity index is 1720. The summed E-state index contributed by atoms with van der Waals surface area (Å²) in [5.41, 5.74) is 3.25. The van der Waals surface area contributed by atoms with Crippen LogP contribution < -0.4 is 4.74 Å². The van der Waals surface area contributed by atoms with Gasteiger partial charge in [-0.25, -0.2) is 18.4 Å². The van der Waals surface area contributed by atoms with E-state index in [0.717, 1.165) is 33.2 Å². The van der Waals surface area contributed by atoms with Gasteiger partial charge in [0.1, 0.15) is 28.4 Å². The molecule has 0 N–H and O–H groups in total. The van der Waals surface area contributed by atoms with Crippen molar-refractivity contribution in [2.45, 2.75) is 97.2 Å². The summed E-state index contributed by atoms with van der Waals surface area (Å²) in [6.07, 6.45) is 5.52. The van der Waals surface area contributed by atoms with Crippen LogP contribution >= 0.6 is 22.6 Å². The molecular weight excluding hydrogens is 732 g/mol. The van der Waals surface area contributed by atoms with Crippen molar-refractivity contribution in [3.8, 4) is 17.0 Å². The lowest BCUT2D eigenvalue weighted by Gasteiger charge is -2.37. The number of carbonyl (C=O) groups excluding carboxylic acids is 1. The molecule has 1 aliphatic rings. The Morgan fingerprint density at radius 1 is 1.13 bits per heavy atom. The number of likely N-dealkylation sites (tertiary alicyclic amines) is 1. The SMILES string of the molecule is Cc1c(-c2cc(O[C@H](CO[Si](C)(C)C(C)(C)C)c3ccc(F)cn3)c3c(I)cnn3c2)nnn1C1CCN(C(=O)OC(C)(C)C)CC1. The third-order valence-corrected chi connectivity index (χ3v) is 14.2. The molecule has 14 heteroatoms. The zero-order chi connectivity index (χ0) is 34.3. The molecule has 0 spiro atoms. The first-order valence-corrected chi connectivity index (χ1v) is 19.9. The molecule has 5 heterocycles. The molecule has 5 rings (SSSR count). The second kappa shape index (κ2) is 13.4. The molecule has 1 saturated heterocycles. The van der Waals surface area contributed by atoms with E-state index in [1.807, 2.05) is 44.6 Å². The molecule has 0 aromatic carbocycles. The predicted molar refractivity (Wildman–Crippen MR) is 188 cm³/mol. The normalized spacial score (nSPS) is 15.7. The topological polar surface area (TPSA) is 109 Å². The monoisotopic (exact) mass is 777 g/mol. The highest BCUT2D eigenvalue weighted by molar-refractivity contribution is 14.1. The van der Waals surface area contributed by atoms with Gasteiger partial charge in [-0.3, -0.25) is 4.98 Å². The van der Waals surface area contributed by atoms with Crippen LogP contribution in [0, 0.1) is 16.3 Å². The fraction of sp³-hybridized carbons (Fsp3) is 0.545. The maximum atomic E-state index is 13.9. The van der Waals surface area contributed by atoms with Crippen LogP contribution in [0.25, 0.3) is 16.8 Å². The number of carbonyl (C=O) groups is 1. The van der Waals surface area contributed by atoms with E-state index in [1.165, 1.54) is 12.3 Å². The third kappa shape index (κ3) is 7.96. The van der Waals surface area contributed by atoms with Crippen molar-refractivity contribution in [1.82, 2.24) is 34.5 Å².